The van der Waals surface area contributed by atoms with Crippen molar-refractivity contribution in [3.8, 4) is 0 Å². The first-order valence-corrected chi connectivity index (χ1v) is 9.09. The van der Waals surface area contributed by atoms with Crippen LogP contribution in [0.5, 0.6) is 0 Å². The number of aromatic nitrogens is 1. The fourth-order valence-corrected chi connectivity index (χ4v) is 4.17. The Kier molecular flexibility index (Phi) is 4.57. The number of benzene rings is 1. The van der Waals surface area contributed by atoms with E-state index in [9.17, 15) is 10.0 Å². The summed E-state index contributed by atoms with van der Waals surface area (Å²) >= 11 is 0. The number of ether oxygens (including phenoxy) is 1. The Balaban J connectivity index is 1.94. The maximum Gasteiger partial charge on any atom is 0.339 e. The number of hydrogen-bond donors (Lipinski definition) is 1. The van der Waals surface area contributed by atoms with Crippen LogP contribution in [0.15, 0.2) is 24.3 Å². The molecule has 0 atom stereocenters. The van der Waals surface area contributed by atoms with E-state index in [1.807, 2.05) is 65.8 Å². The summed E-state index contributed by atoms with van der Waals surface area (Å²) < 4.78 is 5.94. The highest BCUT2D eigenvalue weighted by atomic mass is 16.5. The average Bonchev–Trinajstić information content (AvgIpc) is 2.53. The van der Waals surface area contributed by atoms with Crippen LogP contribution in [0.25, 0.3) is 10.9 Å². The van der Waals surface area contributed by atoms with E-state index in [1.165, 1.54) is 5.06 Å². The van der Waals surface area contributed by atoms with Crippen LogP contribution >= 0.6 is 0 Å². The highest BCUT2D eigenvalue weighted by molar-refractivity contribution is 6.05. The molecule has 1 fully saturated rings. The molecule has 0 unspecified atom stereocenters. The van der Waals surface area contributed by atoms with Gasteiger partial charge in [0.25, 0.3) is 0 Å². The third kappa shape index (κ3) is 3.21. The first-order valence-electron chi connectivity index (χ1n) is 9.09. The van der Waals surface area contributed by atoms with Gasteiger partial charge in [-0.25, -0.2) is 4.79 Å². The average molecular weight is 356 g/mol. The van der Waals surface area contributed by atoms with Gasteiger partial charge in [-0.05, 0) is 53.2 Å². The Morgan fingerprint density at radius 3 is 2.35 bits per heavy atom. The number of esters is 1. The highest BCUT2D eigenvalue weighted by Crippen LogP contribution is 2.38. The zero-order valence-corrected chi connectivity index (χ0v) is 16.5. The van der Waals surface area contributed by atoms with E-state index in [0.717, 1.165) is 22.2 Å². The number of hydroxylamine groups is 2. The van der Waals surface area contributed by atoms with Gasteiger partial charge >= 0.3 is 5.97 Å². The van der Waals surface area contributed by atoms with Gasteiger partial charge in [0.15, 0.2) is 0 Å². The fourth-order valence-electron chi connectivity index (χ4n) is 4.17. The number of rotatable bonds is 2. The van der Waals surface area contributed by atoms with Crippen molar-refractivity contribution >= 4 is 16.9 Å². The Morgan fingerprint density at radius 1 is 1.15 bits per heavy atom. The molecule has 26 heavy (non-hydrogen) atoms. The Hall–Kier alpha value is -1.98. The van der Waals surface area contributed by atoms with Gasteiger partial charge in [-0.1, -0.05) is 18.2 Å². The summed E-state index contributed by atoms with van der Waals surface area (Å²) in [6.45, 7) is 11.7. The largest absolute Gasteiger partial charge is 0.459 e. The van der Waals surface area contributed by atoms with Gasteiger partial charge in [0.1, 0.15) is 6.10 Å². The minimum atomic E-state index is -0.460. The lowest BCUT2D eigenvalue weighted by Crippen LogP contribution is -2.60. The molecule has 1 aromatic heterocycles. The molecule has 0 spiro atoms. The predicted molar refractivity (Wildman–Crippen MR) is 101 cm³/mol. The van der Waals surface area contributed by atoms with Crippen LogP contribution in [0.4, 0.5) is 0 Å². The van der Waals surface area contributed by atoms with E-state index >= 15 is 0 Å². The van der Waals surface area contributed by atoms with Crippen molar-refractivity contribution in [2.75, 3.05) is 0 Å². The second-order valence-electron chi connectivity index (χ2n) is 8.59. The minimum absolute atomic E-state index is 0.248. The lowest BCUT2D eigenvalue weighted by Gasteiger charge is -2.50. The van der Waals surface area contributed by atoms with E-state index in [4.69, 9.17) is 4.74 Å². The van der Waals surface area contributed by atoms with Crippen LogP contribution in [0, 0.1) is 13.8 Å². The minimum Gasteiger partial charge on any atom is -0.459 e. The molecule has 1 aliphatic rings. The van der Waals surface area contributed by atoms with Gasteiger partial charge < -0.3 is 9.94 Å². The molecule has 1 saturated heterocycles. The summed E-state index contributed by atoms with van der Waals surface area (Å²) in [5.41, 5.74) is 2.16. The number of carbonyl (C=O) groups is 1. The molecular weight excluding hydrogens is 328 g/mol. The molecule has 3 rings (SSSR count). The third-order valence-corrected chi connectivity index (χ3v) is 5.46. The Morgan fingerprint density at radius 2 is 1.73 bits per heavy atom. The van der Waals surface area contributed by atoms with Crippen molar-refractivity contribution in [3.63, 3.8) is 0 Å². The van der Waals surface area contributed by atoms with Crippen LogP contribution in [0.2, 0.25) is 0 Å². The smallest absolute Gasteiger partial charge is 0.339 e. The second-order valence-corrected chi connectivity index (χ2v) is 8.59. The first kappa shape index (κ1) is 18.8. The second kappa shape index (κ2) is 6.32. The number of fused-ring (bicyclic) bond motifs is 1. The van der Waals surface area contributed by atoms with E-state index in [2.05, 4.69) is 4.98 Å². The molecule has 1 N–H and O–H groups in total. The summed E-state index contributed by atoms with van der Waals surface area (Å²) in [6, 6.07) is 7.65. The van der Waals surface area contributed by atoms with Crippen molar-refractivity contribution in [1.82, 2.24) is 10.0 Å². The molecule has 0 saturated carbocycles. The van der Waals surface area contributed by atoms with Gasteiger partial charge in [0.2, 0.25) is 0 Å². The summed E-state index contributed by atoms with van der Waals surface area (Å²) in [5.74, 6) is -0.313. The molecule has 1 aromatic carbocycles. The van der Waals surface area contributed by atoms with Crippen LogP contribution in [-0.4, -0.2) is 38.4 Å². The molecule has 1 aliphatic heterocycles. The number of piperidine rings is 1. The lowest BCUT2D eigenvalue weighted by atomic mass is 9.80. The van der Waals surface area contributed by atoms with Crippen molar-refractivity contribution in [3.05, 3.63) is 41.1 Å². The Bertz CT molecular complexity index is 840. The number of pyridine rings is 1. The first-order chi connectivity index (χ1) is 12.0. The molecule has 5 nitrogen and oxygen atoms in total. The van der Waals surface area contributed by atoms with Crippen LogP contribution < -0.4 is 0 Å². The van der Waals surface area contributed by atoms with Gasteiger partial charge in [-0.15, -0.1) is 0 Å². The maximum absolute atomic E-state index is 13.1. The van der Waals surface area contributed by atoms with Gasteiger partial charge in [0, 0.05) is 35.0 Å². The predicted octanol–water partition coefficient (Wildman–Crippen LogP) is 4.42. The van der Waals surface area contributed by atoms with Crippen molar-refractivity contribution in [1.29, 1.82) is 0 Å². The van der Waals surface area contributed by atoms with Gasteiger partial charge in [0.05, 0.1) is 11.1 Å². The molecule has 0 amide bonds. The number of aryl methyl sites for hydroxylation is 1. The number of para-hydroxylation sites is 1. The zero-order valence-electron chi connectivity index (χ0n) is 16.5. The zero-order chi connectivity index (χ0) is 19.3. The molecule has 0 aliphatic carbocycles. The van der Waals surface area contributed by atoms with Gasteiger partial charge in [-0.2, -0.15) is 5.06 Å². The van der Waals surface area contributed by atoms with Crippen molar-refractivity contribution in [2.45, 2.75) is 71.6 Å². The Labute approximate surface area is 154 Å². The van der Waals surface area contributed by atoms with Crippen molar-refractivity contribution in [2.24, 2.45) is 0 Å². The number of hydrogen-bond acceptors (Lipinski definition) is 5. The standard InChI is InChI=1S/C21H28N2O3/c1-13-14(2)22-17-10-8-7-9-16(17)18(13)19(24)26-15-11-20(3,4)23(25)21(5,6)12-15/h7-10,15,25H,11-12H2,1-6H3. The van der Waals surface area contributed by atoms with E-state index in [0.29, 0.717) is 18.4 Å². The fraction of sp³-hybridized carbons (Fsp3) is 0.524. The van der Waals surface area contributed by atoms with Crippen LogP contribution in [-0.2, 0) is 4.74 Å². The molecule has 140 valence electrons. The summed E-state index contributed by atoms with van der Waals surface area (Å²) in [5, 5.41) is 12.6. The normalized spacial score (nSPS) is 20.3. The molecular formula is C21H28N2O3. The maximum atomic E-state index is 13.1. The quantitative estimate of drug-likeness (QED) is 0.807. The summed E-state index contributed by atoms with van der Waals surface area (Å²) in [7, 11) is 0. The van der Waals surface area contributed by atoms with Gasteiger partial charge in [-0.3, -0.25) is 4.98 Å². The number of carbonyl (C=O) groups excluding carboxylic acids is 1. The lowest BCUT2D eigenvalue weighted by molar-refractivity contribution is -0.256. The van der Waals surface area contributed by atoms with Crippen LogP contribution in [0.1, 0.15) is 62.2 Å². The highest BCUT2D eigenvalue weighted by Gasteiger charge is 2.46. The van der Waals surface area contributed by atoms with Crippen molar-refractivity contribution < 1.29 is 14.7 Å². The summed E-state index contributed by atoms with van der Waals surface area (Å²) in [6.07, 6.45) is 0.918. The van der Waals surface area contributed by atoms with E-state index in [-0.39, 0.29) is 12.1 Å². The number of nitrogens with zero attached hydrogens (tertiary/aromatic N) is 2. The van der Waals surface area contributed by atoms with E-state index < -0.39 is 11.1 Å². The molecule has 2 aromatic rings. The molecule has 0 bridgehead atoms. The third-order valence-electron chi connectivity index (χ3n) is 5.46. The SMILES string of the molecule is Cc1nc2ccccc2c(C(=O)OC2CC(C)(C)N(O)C(C)(C)C2)c1C. The monoisotopic (exact) mass is 356 g/mol. The van der Waals surface area contributed by atoms with Crippen LogP contribution in [0.3, 0.4) is 0 Å². The molecule has 5 heteroatoms. The molecule has 2 heterocycles. The molecule has 0 radical (unpaired) electrons. The summed E-state index contributed by atoms with van der Waals surface area (Å²) in [4.78, 5) is 17.7. The van der Waals surface area contributed by atoms with E-state index in [1.54, 1.807) is 0 Å². The topological polar surface area (TPSA) is 62.7 Å².